The largest absolute Gasteiger partial charge is 0.457 e. The predicted octanol–water partition coefficient (Wildman–Crippen LogP) is 3.21. The lowest BCUT2D eigenvalue weighted by atomic mass is 9.85. The van der Waals surface area contributed by atoms with Gasteiger partial charge in [-0.05, 0) is 38.6 Å². The number of esters is 1. The first-order valence-electron chi connectivity index (χ1n) is 7.66. The Labute approximate surface area is 147 Å². The van der Waals surface area contributed by atoms with Crippen LogP contribution in [0.15, 0.2) is 53.1 Å². The molecule has 0 spiro atoms. The molecule has 2 heterocycles. The number of furan rings is 1. The molecular formula is C18H20ClNO4. The van der Waals surface area contributed by atoms with Crippen molar-refractivity contribution in [3.63, 3.8) is 0 Å². The lowest BCUT2D eigenvalue weighted by molar-refractivity contribution is -0.0384. The fraction of sp³-hybridized carbons (Fsp3) is 0.333. The molecule has 0 aliphatic carbocycles. The zero-order valence-electron chi connectivity index (χ0n) is 13.4. The van der Waals surface area contributed by atoms with E-state index in [2.05, 4.69) is 0 Å². The molecule has 1 saturated heterocycles. The highest BCUT2D eigenvalue weighted by Gasteiger charge is 2.45. The maximum absolute atomic E-state index is 13.0. The number of halogens is 1. The molecule has 0 N–H and O–H groups in total. The quantitative estimate of drug-likeness (QED) is 0.626. The lowest BCUT2D eigenvalue weighted by Crippen LogP contribution is -2.54. The van der Waals surface area contributed by atoms with Crippen LogP contribution < -0.4 is 0 Å². The minimum absolute atomic E-state index is 0. The van der Waals surface area contributed by atoms with Crippen LogP contribution in [0.25, 0.3) is 0 Å². The van der Waals surface area contributed by atoms with Gasteiger partial charge in [-0.15, -0.1) is 12.4 Å². The van der Waals surface area contributed by atoms with E-state index in [1.54, 1.807) is 18.2 Å². The predicted molar refractivity (Wildman–Crippen MR) is 91.6 cm³/mol. The van der Waals surface area contributed by atoms with Crippen molar-refractivity contribution in [2.45, 2.75) is 18.4 Å². The Balaban J connectivity index is 0.00000208. The van der Waals surface area contributed by atoms with Crippen molar-refractivity contribution < 1.29 is 18.7 Å². The van der Waals surface area contributed by atoms with Crippen LogP contribution in [-0.2, 0) is 4.74 Å². The van der Waals surface area contributed by atoms with E-state index < -0.39 is 11.6 Å². The van der Waals surface area contributed by atoms with E-state index in [1.165, 1.54) is 12.3 Å². The molecule has 1 atom stereocenters. The molecule has 0 bridgehead atoms. The fourth-order valence-corrected chi connectivity index (χ4v) is 3.02. The van der Waals surface area contributed by atoms with Crippen LogP contribution in [-0.4, -0.2) is 42.4 Å². The van der Waals surface area contributed by atoms with Crippen molar-refractivity contribution in [2.75, 3.05) is 20.1 Å². The number of carbonyl (C=O) groups excluding carboxylic acids is 2. The second-order valence-corrected chi connectivity index (χ2v) is 5.90. The highest BCUT2D eigenvalue weighted by molar-refractivity contribution is 6.04. The lowest BCUT2D eigenvalue weighted by Gasteiger charge is -2.39. The van der Waals surface area contributed by atoms with Gasteiger partial charge in [0.05, 0.1) is 6.26 Å². The SMILES string of the molecule is CN1CCCC(OC(=O)c2ccco2)(C(=O)c2ccccc2)C1.Cl. The summed E-state index contributed by atoms with van der Waals surface area (Å²) >= 11 is 0. The standard InChI is InChI=1S/C18H19NO4.ClH/c1-19-11-6-10-18(13-19,16(20)14-7-3-2-4-8-14)23-17(21)15-9-5-12-22-15;/h2-5,7-9,12H,6,10-11,13H2,1H3;1H. The molecule has 128 valence electrons. The molecule has 5 nitrogen and oxygen atoms in total. The second-order valence-electron chi connectivity index (χ2n) is 5.90. The maximum atomic E-state index is 13.0. The zero-order chi connectivity index (χ0) is 16.3. The zero-order valence-corrected chi connectivity index (χ0v) is 14.3. The summed E-state index contributed by atoms with van der Waals surface area (Å²) in [4.78, 5) is 27.4. The summed E-state index contributed by atoms with van der Waals surface area (Å²) in [6, 6.07) is 12.1. The first-order valence-corrected chi connectivity index (χ1v) is 7.66. The molecule has 1 aliphatic heterocycles. The van der Waals surface area contributed by atoms with Gasteiger partial charge >= 0.3 is 5.97 Å². The number of ether oxygens (including phenoxy) is 1. The van der Waals surface area contributed by atoms with E-state index in [9.17, 15) is 9.59 Å². The minimum atomic E-state index is -1.17. The van der Waals surface area contributed by atoms with Crippen LogP contribution in [0.4, 0.5) is 0 Å². The van der Waals surface area contributed by atoms with Gasteiger partial charge in [0.25, 0.3) is 0 Å². The van der Waals surface area contributed by atoms with Crippen LogP contribution in [0.1, 0.15) is 33.8 Å². The van der Waals surface area contributed by atoms with Crippen molar-refractivity contribution in [2.24, 2.45) is 0 Å². The van der Waals surface area contributed by atoms with Gasteiger partial charge in [-0.3, -0.25) is 4.79 Å². The number of nitrogens with zero attached hydrogens (tertiary/aromatic N) is 1. The average molecular weight is 350 g/mol. The summed E-state index contributed by atoms with van der Waals surface area (Å²) in [6.07, 6.45) is 2.72. The Morgan fingerprint density at radius 3 is 2.54 bits per heavy atom. The van der Waals surface area contributed by atoms with Crippen molar-refractivity contribution in [1.82, 2.24) is 4.90 Å². The molecule has 6 heteroatoms. The van der Waals surface area contributed by atoms with Crippen molar-refractivity contribution in [1.29, 1.82) is 0 Å². The number of likely N-dealkylation sites (N-methyl/N-ethyl adjacent to an activating group) is 1. The van der Waals surface area contributed by atoms with Crippen LogP contribution >= 0.6 is 12.4 Å². The highest BCUT2D eigenvalue weighted by Crippen LogP contribution is 2.30. The van der Waals surface area contributed by atoms with Crippen LogP contribution in [0.3, 0.4) is 0 Å². The Morgan fingerprint density at radius 2 is 1.92 bits per heavy atom. The van der Waals surface area contributed by atoms with E-state index in [-0.39, 0.29) is 24.0 Å². The van der Waals surface area contributed by atoms with Gasteiger partial charge in [0.2, 0.25) is 11.5 Å². The molecule has 0 radical (unpaired) electrons. The van der Waals surface area contributed by atoms with E-state index in [4.69, 9.17) is 9.15 Å². The fourth-order valence-electron chi connectivity index (χ4n) is 3.02. The third-order valence-electron chi connectivity index (χ3n) is 4.11. The summed E-state index contributed by atoms with van der Waals surface area (Å²) in [6.45, 7) is 1.26. The number of hydrogen-bond donors (Lipinski definition) is 0. The molecule has 1 fully saturated rings. The van der Waals surface area contributed by atoms with Crippen LogP contribution in [0, 0.1) is 0 Å². The van der Waals surface area contributed by atoms with E-state index >= 15 is 0 Å². The molecule has 0 amide bonds. The molecule has 1 aromatic carbocycles. The minimum Gasteiger partial charge on any atom is -0.457 e. The Hall–Kier alpha value is -2.11. The number of rotatable bonds is 4. The number of benzene rings is 1. The van der Waals surface area contributed by atoms with Crippen LogP contribution in [0.2, 0.25) is 0 Å². The van der Waals surface area contributed by atoms with E-state index in [1.807, 2.05) is 30.1 Å². The Bertz CT molecular complexity index is 686. The van der Waals surface area contributed by atoms with Gasteiger partial charge in [-0.1, -0.05) is 30.3 Å². The summed E-state index contributed by atoms with van der Waals surface area (Å²) in [7, 11) is 1.92. The van der Waals surface area contributed by atoms with Gasteiger partial charge in [0.15, 0.2) is 5.60 Å². The number of piperidine rings is 1. The topological polar surface area (TPSA) is 59.8 Å². The van der Waals surface area contributed by atoms with Crippen molar-refractivity contribution >= 4 is 24.2 Å². The monoisotopic (exact) mass is 349 g/mol. The Kier molecular flexibility index (Phi) is 5.80. The molecule has 0 saturated carbocycles. The van der Waals surface area contributed by atoms with Gasteiger partial charge in [-0.2, -0.15) is 0 Å². The third kappa shape index (κ3) is 3.68. The second kappa shape index (κ2) is 7.64. The van der Waals surface area contributed by atoms with Crippen LogP contribution in [0.5, 0.6) is 0 Å². The van der Waals surface area contributed by atoms with E-state index in [0.29, 0.717) is 18.5 Å². The van der Waals surface area contributed by atoms with Gasteiger partial charge in [0, 0.05) is 12.1 Å². The summed E-state index contributed by atoms with van der Waals surface area (Å²) in [5.74, 6) is -0.655. The maximum Gasteiger partial charge on any atom is 0.375 e. The first-order chi connectivity index (χ1) is 11.1. The molecule has 2 aromatic rings. The summed E-state index contributed by atoms with van der Waals surface area (Å²) in [5.41, 5.74) is -0.617. The van der Waals surface area contributed by atoms with E-state index in [0.717, 1.165) is 13.0 Å². The Morgan fingerprint density at radius 1 is 1.17 bits per heavy atom. The number of likely N-dealkylation sites (tertiary alicyclic amines) is 1. The first kappa shape index (κ1) is 18.2. The number of carbonyl (C=O) groups is 2. The molecule has 1 unspecified atom stereocenters. The molecule has 1 aromatic heterocycles. The summed E-state index contributed by atoms with van der Waals surface area (Å²) in [5, 5.41) is 0. The molecule has 1 aliphatic rings. The number of Topliss-reactive ketones (excluding diaryl/α,β-unsaturated/α-hetero) is 1. The van der Waals surface area contributed by atoms with Gasteiger partial charge in [-0.25, -0.2) is 4.79 Å². The summed E-state index contributed by atoms with van der Waals surface area (Å²) < 4.78 is 10.8. The smallest absolute Gasteiger partial charge is 0.375 e. The van der Waals surface area contributed by atoms with Gasteiger partial charge in [0.1, 0.15) is 0 Å². The third-order valence-corrected chi connectivity index (χ3v) is 4.11. The van der Waals surface area contributed by atoms with Crippen molar-refractivity contribution in [3.8, 4) is 0 Å². The number of ketones is 1. The molecule has 24 heavy (non-hydrogen) atoms. The van der Waals surface area contributed by atoms with Gasteiger partial charge < -0.3 is 14.1 Å². The number of hydrogen-bond acceptors (Lipinski definition) is 5. The van der Waals surface area contributed by atoms with Crippen molar-refractivity contribution in [3.05, 3.63) is 60.1 Å². The molecular weight excluding hydrogens is 330 g/mol. The highest BCUT2D eigenvalue weighted by atomic mass is 35.5. The normalized spacial score (nSPS) is 20.9. The molecule has 3 rings (SSSR count). The average Bonchev–Trinajstić information content (AvgIpc) is 3.09.